The van der Waals surface area contributed by atoms with Crippen molar-refractivity contribution in [2.45, 2.75) is 17.1 Å². The second-order valence-electron chi connectivity index (χ2n) is 2.93. The molecule has 4 heteroatoms. The van der Waals surface area contributed by atoms with E-state index in [0.717, 1.165) is 10.9 Å². The van der Waals surface area contributed by atoms with E-state index in [1.165, 1.54) is 0 Å². The number of halogens is 3. The molecule has 1 aromatic rings. The van der Waals surface area contributed by atoms with Gasteiger partial charge in [0.2, 0.25) is 0 Å². The summed E-state index contributed by atoms with van der Waals surface area (Å²) in [5.74, 6) is 0.0103. The Hall–Kier alpha value is 0.140. The molecular formula is C10H9Br2ClO. The Labute approximate surface area is 105 Å². The Kier molecular flexibility index (Phi) is 4.61. The highest BCUT2D eigenvalue weighted by Crippen LogP contribution is 2.22. The lowest BCUT2D eigenvalue weighted by atomic mass is 10.1. The number of ketones is 1. The molecule has 0 aliphatic rings. The van der Waals surface area contributed by atoms with Crippen LogP contribution in [-0.4, -0.2) is 10.6 Å². The SMILES string of the molecule is CC(Br)C(=O)c1ccc(CBr)cc1Cl. The van der Waals surface area contributed by atoms with Gasteiger partial charge in [-0.2, -0.15) is 0 Å². The van der Waals surface area contributed by atoms with Crippen LogP contribution in [0.3, 0.4) is 0 Å². The van der Waals surface area contributed by atoms with Crippen LogP contribution in [-0.2, 0) is 5.33 Å². The van der Waals surface area contributed by atoms with E-state index >= 15 is 0 Å². The average molecular weight is 340 g/mol. The summed E-state index contributed by atoms with van der Waals surface area (Å²) in [5.41, 5.74) is 1.63. The largest absolute Gasteiger partial charge is 0.293 e. The van der Waals surface area contributed by atoms with Crippen LogP contribution in [0.2, 0.25) is 5.02 Å². The van der Waals surface area contributed by atoms with Crippen molar-refractivity contribution in [3.63, 3.8) is 0 Å². The summed E-state index contributed by atoms with van der Waals surface area (Å²) in [6.45, 7) is 1.79. The monoisotopic (exact) mass is 338 g/mol. The Morgan fingerprint density at radius 1 is 1.57 bits per heavy atom. The Bertz CT molecular complexity index is 350. The zero-order valence-electron chi connectivity index (χ0n) is 7.56. The standard InChI is InChI=1S/C10H9Br2ClO/c1-6(12)10(14)8-3-2-7(5-11)4-9(8)13/h2-4,6H,5H2,1H3. The minimum atomic E-state index is -0.199. The molecule has 0 heterocycles. The smallest absolute Gasteiger partial charge is 0.177 e. The van der Waals surface area contributed by atoms with Crippen molar-refractivity contribution in [1.82, 2.24) is 0 Å². The molecule has 0 aliphatic carbocycles. The van der Waals surface area contributed by atoms with Crippen molar-refractivity contribution in [2.24, 2.45) is 0 Å². The van der Waals surface area contributed by atoms with Gasteiger partial charge in [0.05, 0.1) is 9.85 Å². The van der Waals surface area contributed by atoms with Crippen LogP contribution in [0.1, 0.15) is 22.8 Å². The van der Waals surface area contributed by atoms with Gasteiger partial charge in [0, 0.05) is 10.9 Å². The second kappa shape index (κ2) is 5.29. The van der Waals surface area contributed by atoms with E-state index < -0.39 is 0 Å². The van der Waals surface area contributed by atoms with Crippen LogP contribution in [0.15, 0.2) is 18.2 Å². The highest BCUT2D eigenvalue weighted by Gasteiger charge is 2.15. The molecule has 0 aromatic heterocycles. The van der Waals surface area contributed by atoms with Crippen molar-refractivity contribution in [2.75, 3.05) is 0 Å². The van der Waals surface area contributed by atoms with Gasteiger partial charge in [0.15, 0.2) is 5.78 Å². The van der Waals surface area contributed by atoms with Crippen molar-refractivity contribution in [1.29, 1.82) is 0 Å². The summed E-state index contributed by atoms with van der Waals surface area (Å²) in [4.78, 5) is 11.4. The van der Waals surface area contributed by atoms with Gasteiger partial charge >= 0.3 is 0 Å². The lowest BCUT2D eigenvalue weighted by molar-refractivity contribution is 0.0996. The third-order valence-corrected chi connectivity index (χ3v) is 3.19. The quantitative estimate of drug-likeness (QED) is 0.595. The van der Waals surface area contributed by atoms with Gasteiger partial charge in [-0.1, -0.05) is 49.5 Å². The van der Waals surface area contributed by atoms with Gasteiger partial charge in [-0.05, 0) is 24.6 Å². The molecule has 1 nitrogen and oxygen atoms in total. The topological polar surface area (TPSA) is 17.1 Å². The molecule has 1 atom stereocenters. The van der Waals surface area contributed by atoms with Crippen molar-refractivity contribution >= 4 is 49.2 Å². The summed E-state index contributed by atoms with van der Waals surface area (Å²) >= 11 is 12.5. The first-order valence-corrected chi connectivity index (χ1v) is 6.50. The molecule has 14 heavy (non-hydrogen) atoms. The third kappa shape index (κ3) is 2.81. The normalized spacial score (nSPS) is 12.6. The highest BCUT2D eigenvalue weighted by molar-refractivity contribution is 9.10. The first-order valence-electron chi connectivity index (χ1n) is 4.09. The number of carbonyl (C=O) groups excluding carboxylic acids is 1. The predicted molar refractivity (Wildman–Crippen MR) is 66.8 cm³/mol. The minimum Gasteiger partial charge on any atom is -0.293 e. The van der Waals surface area contributed by atoms with E-state index in [-0.39, 0.29) is 10.6 Å². The van der Waals surface area contributed by atoms with E-state index in [1.807, 2.05) is 6.07 Å². The van der Waals surface area contributed by atoms with Crippen LogP contribution in [0.4, 0.5) is 0 Å². The summed E-state index contributed by atoms with van der Waals surface area (Å²) in [6.07, 6.45) is 0. The number of rotatable bonds is 3. The Morgan fingerprint density at radius 3 is 2.64 bits per heavy atom. The van der Waals surface area contributed by atoms with Gasteiger partial charge in [-0.15, -0.1) is 0 Å². The fraction of sp³-hybridized carbons (Fsp3) is 0.300. The molecule has 0 aliphatic heterocycles. The molecule has 1 unspecified atom stereocenters. The summed E-state index contributed by atoms with van der Waals surface area (Å²) in [7, 11) is 0. The number of hydrogen-bond donors (Lipinski definition) is 0. The lowest BCUT2D eigenvalue weighted by Crippen LogP contribution is -2.10. The molecule has 0 saturated carbocycles. The summed E-state index contributed by atoms with van der Waals surface area (Å²) < 4.78 is 0. The molecule has 0 radical (unpaired) electrons. The van der Waals surface area contributed by atoms with Gasteiger partial charge in [-0.25, -0.2) is 0 Å². The maximum Gasteiger partial charge on any atom is 0.177 e. The van der Waals surface area contributed by atoms with Crippen LogP contribution in [0, 0.1) is 0 Å². The van der Waals surface area contributed by atoms with Crippen LogP contribution in [0.25, 0.3) is 0 Å². The maximum absolute atomic E-state index is 11.6. The fourth-order valence-corrected chi connectivity index (χ4v) is 1.95. The Balaban J connectivity index is 3.06. The number of Topliss-reactive ketones (excluding diaryl/α,β-unsaturated/α-hetero) is 1. The van der Waals surface area contributed by atoms with Gasteiger partial charge in [0.25, 0.3) is 0 Å². The number of carbonyl (C=O) groups is 1. The highest BCUT2D eigenvalue weighted by atomic mass is 79.9. The molecule has 0 bridgehead atoms. The molecule has 0 amide bonds. The molecule has 76 valence electrons. The van der Waals surface area contributed by atoms with E-state index in [0.29, 0.717) is 10.6 Å². The Morgan fingerprint density at radius 2 is 2.21 bits per heavy atom. The van der Waals surface area contributed by atoms with Crippen LogP contribution >= 0.6 is 43.5 Å². The molecule has 0 saturated heterocycles. The summed E-state index contributed by atoms with van der Waals surface area (Å²) in [6, 6.07) is 5.46. The zero-order chi connectivity index (χ0) is 10.7. The number of alkyl halides is 2. The molecular weight excluding hydrogens is 331 g/mol. The van der Waals surface area contributed by atoms with E-state index in [4.69, 9.17) is 11.6 Å². The minimum absolute atomic E-state index is 0.0103. The van der Waals surface area contributed by atoms with Crippen molar-refractivity contribution in [3.05, 3.63) is 34.3 Å². The molecule has 0 N–H and O–H groups in total. The van der Waals surface area contributed by atoms with E-state index in [2.05, 4.69) is 31.9 Å². The number of benzene rings is 1. The second-order valence-corrected chi connectivity index (χ2v) is 5.27. The first-order chi connectivity index (χ1) is 6.56. The van der Waals surface area contributed by atoms with Crippen LogP contribution in [0.5, 0.6) is 0 Å². The molecule has 1 aromatic carbocycles. The van der Waals surface area contributed by atoms with E-state index in [9.17, 15) is 4.79 Å². The molecule has 0 spiro atoms. The van der Waals surface area contributed by atoms with Crippen molar-refractivity contribution < 1.29 is 4.79 Å². The predicted octanol–water partition coefficient (Wildman–Crippen LogP) is 4.20. The zero-order valence-corrected chi connectivity index (χ0v) is 11.5. The lowest BCUT2D eigenvalue weighted by Gasteiger charge is -2.06. The number of hydrogen-bond acceptors (Lipinski definition) is 1. The average Bonchev–Trinajstić information content (AvgIpc) is 2.16. The van der Waals surface area contributed by atoms with Crippen molar-refractivity contribution in [3.8, 4) is 0 Å². The van der Waals surface area contributed by atoms with Gasteiger partial charge < -0.3 is 0 Å². The van der Waals surface area contributed by atoms with Gasteiger partial charge in [0.1, 0.15) is 0 Å². The van der Waals surface area contributed by atoms with E-state index in [1.54, 1.807) is 19.1 Å². The molecule has 0 fully saturated rings. The molecule has 1 rings (SSSR count). The maximum atomic E-state index is 11.6. The van der Waals surface area contributed by atoms with Crippen LogP contribution < -0.4 is 0 Å². The van der Waals surface area contributed by atoms with Gasteiger partial charge in [-0.3, -0.25) is 4.79 Å². The summed E-state index contributed by atoms with van der Waals surface area (Å²) in [5, 5.41) is 1.25. The first kappa shape index (κ1) is 12.2. The third-order valence-electron chi connectivity index (χ3n) is 1.81. The fourth-order valence-electron chi connectivity index (χ4n) is 1.06.